The number of nitrogens with zero attached hydrogens (tertiary/aromatic N) is 6. The van der Waals surface area contributed by atoms with E-state index in [1.54, 1.807) is 0 Å². The number of halogens is 1. The normalized spacial score (nSPS) is 21.8. The second kappa shape index (κ2) is 11.5. The van der Waals surface area contributed by atoms with Gasteiger partial charge in [-0.2, -0.15) is 5.10 Å². The van der Waals surface area contributed by atoms with E-state index in [9.17, 15) is 9.50 Å². The van der Waals surface area contributed by atoms with E-state index in [1.807, 2.05) is 28.6 Å². The van der Waals surface area contributed by atoms with Crippen molar-refractivity contribution in [3.63, 3.8) is 0 Å². The predicted molar refractivity (Wildman–Crippen MR) is 173 cm³/mol. The highest BCUT2D eigenvalue weighted by molar-refractivity contribution is 8.04. The lowest BCUT2D eigenvalue weighted by Gasteiger charge is -2.33. The largest absolute Gasteiger partial charge is 0.508 e. The third-order valence-electron chi connectivity index (χ3n) is 8.92. The van der Waals surface area contributed by atoms with Crippen LogP contribution in [0.25, 0.3) is 27.9 Å². The molecule has 1 fully saturated rings. The SMILES string of the molecule is CC1C=C(CN2CCN(C)CC2)SC1C1=C(C(C)n2nc(-c3cc(O)cc(F)c3)c3c(N)ncnc32)COc2ccccc21. The fourth-order valence-electron chi connectivity index (χ4n) is 6.56. The van der Waals surface area contributed by atoms with Crippen LogP contribution in [0, 0.1) is 11.7 Å². The molecular weight excluding hydrogens is 577 g/mol. The number of hydrogen-bond donors (Lipinski definition) is 2. The number of piperazine rings is 1. The summed E-state index contributed by atoms with van der Waals surface area (Å²) in [7, 11) is 2.19. The van der Waals surface area contributed by atoms with Crippen molar-refractivity contribution < 1.29 is 14.2 Å². The van der Waals surface area contributed by atoms with Crippen LogP contribution >= 0.6 is 11.8 Å². The lowest BCUT2D eigenvalue weighted by atomic mass is 9.86. The Labute approximate surface area is 260 Å². The summed E-state index contributed by atoms with van der Waals surface area (Å²) < 4.78 is 22.6. The zero-order valence-corrected chi connectivity index (χ0v) is 25.9. The maximum atomic E-state index is 14.4. The minimum atomic E-state index is -0.569. The molecule has 3 unspecified atom stereocenters. The molecule has 0 saturated carbocycles. The molecule has 2 aromatic carbocycles. The van der Waals surface area contributed by atoms with Gasteiger partial charge in [0.2, 0.25) is 0 Å². The molecular formula is C33H36FN7O2S. The third kappa shape index (κ3) is 5.22. The van der Waals surface area contributed by atoms with Gasteiger partial charge in [-0.1, -0.05) is 31.2 Å². The number of allylic oxidation sites excluding steroid dienone is 1. The van der Waals surface area contributed by atoms with Crippen molar-refractivity contribution in [1.82, 2.24) is 29.5 Å². The molecule has 0 aliphatic carbocycles. The van der Waals surface area contributed by atoms with Crippen molar-refractivity contribution in [2.24, 2.45) is 5.92 Å². The monoisotopic (exact) mass is 613 g/mol. The van der Waals surface area contributed by atoms with Crippen molar-refractivity contribution in [2.45, 2.75) is 25.1 Å². The first-order chi connectivity index (χ1) is 21.3. The lowest BCUT2D eigenvalue weighted by molar-refractivity contribution is 0.166. The average Bonchev–Trinajstić information content (AvgIpc) is 3.58. The van der Waals surface area contributed by atoms with Gasteiger partial charge in [-0.25, -0.2) is 19.0 Å². The van der Waals surface area contributed by atoms with Crippen molar-refractivity contribution in [2.75, 3.05) is 52.1 Å². The Morgan fingerprint density at radius 1 is 1.14 bits per heavy atom. The predicted octanol–water partition coefficient (Wildman–Crippen LogP) is 5.21. The van der Waals surface area contributed by atoms with Gasteiger partial charge in [-0.3, -0.25) is 4.90 Å². The number of benzene rings is 2. The van der Waals surface area contributed by atoms with E-state index in [4.69, 9.17) is 15.6 Å². The van der Waals surface area contributed by atoms with Crippen molar-refractivity contribution in [1.29, 1.82) is 0 Å². The van der Waals surface area contributed by atoms with E-state index in [0.29, 0.717) is 34.8 Å². The summed E-state index contributed by atoms with van der Waals surface area (Å²) in [6, 6.07) is 11.8. The van der Waals surface area contributed by atoms with Gasteiger partial charge in [0.15, 0.2) is 5.65 Å². The molecule has 7 rings (SSSR count). The first-order valence-corrected chi connectivity index (χ1v) is 15.9. The summed E-state index contributed by atoms with van der Waals surface area (Å²) in [5.74, 6) is 0.682. The van der Waals surface area contributed by atoms with Gasteiger partial charge in [-0.15, -0.1) is 11.8 Å². The van der Waals surface area contributed by atoms with E-state index >= 15 is 0 Å². The molecule has 3 atom stereocenters. The maximum absolute atomic E-state index is 14.4. The number of phenols is 1. The molecule has 0 radical (unpaired) electrons. The van der Waals surface area contributed by atoms with Gasteiger partial charge in [0.1, 0.15) is 41.8 Å². The molecule has 1 saturated heterocycles. The van der Waals surface area contributed by atoms with Crippen LogP contribution in [0.3, 0.4) is 0 Å². The quantitative estimate of drug-likeness (QED) is 0.303. The van der Waals surface area contributed by atoms with Crippen molar-refractivity contribution in [3.8, 4) is 22.8 Å². The number of rotatable bonds is 6. The van der Waals surface area contributed by atoms with E-state index in [0.717, 1.165) is 55.7 Å². The fraction of sp³-hybridized carbons (Fsp3) is 0.364. The number of thioether (sulfide) groups is 1. The number of nitrogens with two attached hydrogens (primary N) is 1. The van der Waals surface area contributed by atoms with Crippen molar-refractivity contribution >= 4 is 34.2 Å². The number of ether oxygens (including phenoxy) is 1. The van der Waals surface area contributed by atoms with Crippen molar-refractivity contribution in [3.05, 3.63) is 76.7 Å². The van der Waals surface area contributed by atoms with Gasteiger partial charge in [0.05, 0.1) is 11.4 Å². The summed E-state index contributed by atoms with van der Waals surface area (Å²) in [5, 5.41) is 15.8. The summed E-state index contributed by atoms with van der Waals surface area (Å²) in [5.41, 5.74) is 11.2. The maximum Gasteiger partial charge on any atom is 0.164 e. The van der Waals surface area contributed by atoms with E-state index in [-0.39, 0.29) is 22.9 Å². The van der Waals surface area contributed by atoms with Gasteiger partial charge in [0.25, 0.3) is 0 Å². The van der Waals surface area contributed by atoms with Crippen LogP contribution in [0.4, 0.5) is 10.2 Å². The summed E-state index contributed by atoms with van der Waals surface area (Å²) >= 11 is 1.96. The highest BCUT2D eigenvalue weighted by Gasteiger charge is 2.37. The number of aromatic nitrogens is 4. The standard InChI is InChI=1S/C33H36FN7O2S/c1-19-12-24(16-40-10-8-39(3)9-11-40)44-31(19)28-25-6-4-5-7-27(25)43-17-26(28)20(2)41-33-29(32(35)36-18-37-33)30(38-41)21-13-22(34)15-23(42)14-21/h4-7,12-15,18-20,31,42H,8-11,16-17H2,1-3H3,(H2,35,36,37). The van der Waals surface area contributed by atoms with Crippen LogP contribution in [0.2, 0.25) is 0 Å². The first kappa shape index (κ1) is 28.8. The highest BCUT2D eigenvalue weighted by Crippen LogP contribution is 2.50. The Kier molecular flexibility index (Phi) is 7.55. The van der Waals surface area contributed by atoms with Crippen LogP contribution in [0.15, 0.2) is 65.3 Å². The number of likely N-dealkylation sites (N-methyl/N-ethyl adjacent to an activating group) is 1. The van der Waals surface area contributed by atoms with E-state index in [2.05, 4.69) is 58.9 Å². The number of phenolic OH excluding ortho intramolecular Hbond substituents is 1. The number of fused-ring (bicyclic) bond motifs is 2. The third-order valence-corrected chi connectivity index (χ3v) is 10.4. The highest BCUT2D eigenvalue weighted by atomic mass is 32.2. The topological polar surface area (TPSA) is 106 Å². The van der Waals surface area contributed by atoms with Gasteiger partial charge in [0, 0.05) is 55.2 Å². The molecule has 0 bridgehead atoms. The summed E-state index contributed by atoms with van der Waals surface area (Å²) in [6.07, 6.45) is 3.85. The molecule has 11 heteroatoms. The summed E-state index contributed by atoms with van der Waals surface area (Å²) in [4.78, 5) is 15.1. The second-order valence-corrected chi connectivity index (χ2v) is 13.2. The smallest absolute Gasteiger partial charge is 0.164 e. The van der Waals surface area contributed by atoms with Gasteiger partial charge in [-0.05, 0) is 54.1 Å². The van der Waals surface area contributed by atoms with E-state index in [1.165, 1.54) is 28.9 Å². The molecule has 0 spiro atoms. The fourth-order valence-corrected chi connectivity index (χ4v) is 8.12. The van der Waals surface area contributed by atoms with Crippen LogP contribution in [-0.2, 0) is 0 Å². The number of hydrogen-bond acceptors (Lipinski definition) is 9. The Morgan fingerprint density at radius 2 is 1.93 bits per heavy atom. The number of para-hydroxylation sites is 1. The summed E-state index contributed by atoms with van der Waals surface area (Å²) in [6.45, 7) is 10.1. The molecule has 44 heavy (non-hydrogen) atoms. The molecule has 3 N–H and O–H groups in total. The van der Waals surface area contributed by atoms with Crippen LogP contribution < -0.4 is 10.5 Å². The number of anilines is 1. The first-order valence-electron chi connectivity index (χ1n) is 15.0. The molecule has 0 amide bonds. The van der Waals surface area contributed by atoms with Crippen LogP contribution in [0.5, 0.6) is 11.5 Å². The molecule has 3 aliphatic rings. The Hall–Kier alpha value is -3.93. The zero-order chi connectivity index (χ0) is 30.5. The minimum absolute atomic E-state index is 0.194. The Morgan fingerprint density at radius 3 is 2.73 bits per heavy atom. The molecule has 9 nitrogen and oxygen atoms in total. The van der Waals surface area contributed by atoms with Crippen LogP contribution in [-0.4, -0.2) is 86.3 Å². The minimum Gasteiger partial charge on any atom is -0.508 e. The second-order valence-electron chi connectivity index (χ2n) is 12.0. The Bertz CT molecular complexity index is 1780. The molecule has 2 aromatic heterocycles. The number of aromatic hydroxyl groups is 1. The zero-order valence-electron chi connectivity index (χ0n) is 25.1. The number of nitrogen functional groups attached to an aromatic ring is 1. The molecule has 5 heterocycles. The lowest BCUT2D eigenvalue weighted by Crippen LogP contribution is -2.44. The van der Waals surface area contributed by atoms with Gasteiger partial charge >= 0.3 is 0 Å². The molecule has 4 aromatic rings. The molecule has 3 aliphatic heterocycles. The molecule has 228 valence electrons. The van der Waals surface area contributed by atoms with Gasteiger partial charge < -0.3 is 20.5 Å². The van der Waals surface area contributed by atoms with Crippen LogP contribution in [0.1, 0.15) is 25.5 Å². The van der Waals surface area contributed by atoms with E-state index < -0.39 is 5.82 Å². The Balaban J connectivity index is 1.31. The average molecular weight is 614 g/mol.